The molecule has 1 atom stereocenters. The van der Waals surface area contributed by atoms with Crippen LogP contribution in [0.15, 0.2) is 18.2 Å². The lowest BCUT2D eigenvalue weighted by molar-refractivity contribution is -0.157. The molecule has 118 valence electrons. The van der Waals surface area contributed by atoms with Gasteiger partial charge >= 0.3 is 12.3 Å². The molecule has 1 aromatic carbocycles. The first kappa shape index (κ1) is 17.1. The first-order valence-corrected chi connectivity index (χ1v) is 6.01. The minimum atomic E-state index is -4.81. The van der Waals surface area contributed by atoms with E-state index >= 15 is 0 Å². The molecule has 0 aliphatic rings. The molecular weight excluding hydrogens is 292 g/mol. The van der Waals surface area contributed by atoms with Crippen LogP contribution >= 0.6 is 0 Å². The standard InChI is InChI=1S/C13H16F4N2O2/c1-12(2,3)21-11(20)19-10(13(15,16)17)7-4-5-9(18)8(14)6-7/h4-6,10H,18H2,1-3H3,(H,19,20)/t10-/m0/s1. The van der Waals surface area contributed by atoms with E-state index in [0.717, 1.165) is 12.1 Å². The highest BCUT2D eigenvalue weighted by molar-refractivity contribution is 5.68. The molecule has 0 bridgehead atoms. The minimum Gasteiger partial charge on any atom is -0.444 e. The van der Waals surface area contributed by atoms with Crippen molar-refractivity contribution in [1.82, 2.24) is 5.32 Å². The number of carbonyl (C=O) groups excluding carboxylic acids is 1. The fraction of sp³-hybridized carbons (Fsp3) is 0.462. The molecule has 0 spiro atoms. The van der Waals surface area contributed by atoms with Gasteiger partial charge in [0.15, 0.2) is 6.04 Å². The highest BCUT2D eigenvalue weighted by atomic mass is 19.4. The van der Waals surface area contributed by atoms with E-state index in [2.05, 4.69) is 0 Å². The van der Waals surface area contributed by atoms with Crippen LogP contribution in [0.5, 0.6) is 0 Å². The summed E-state index contributed by atoms with van der Waals surface area (Å²) in [5.74, 6) is -0.993. The SMILES string of the molecule is CC(C)(C)OC(=O)N[C@@H](c1ccc(N)c(F)c1)C(F)(F)F. The molecule has 0 aliphatic carbocycles. The van der Waals surface area contributed by atoms with Crippen molar-refractivity contribution >= 4 is 11.8 Å². The van der Waals surface area contributed by atoms with E-state index < -0.39 is 35.3 Å². The molecule has 0 saturated heterocycles. The monoisotopic (exact) mass is 308 g/mol. The number of carbonyl (C=O) groups is 1. The zero-order valence-corrected chi connectivity index (χ0v) is 11.7. The lowest BCUT2D eigenvalue weighted by atomic mass is 10.1. The predicted octanol–water partition coefficient (Wildman–Crippen LogP) is 3.54. The van der Waals surface area contributed by atoms with Gasteiger partial charge in [0.1, 0.15) is 11.4 Å². The number of nitrogens with one attached hydrogen (secondary N) is 1. The van der Waals surface area contributed by atoms with Crippen LogP contribution in [0.1, 0.15) is 32.4 Å². The van der Waals surface area contributed by atoms with Gasteiger partial charge in [0.05, 0.1) is 5.69 Å². The fourth-order valence-electron chi connectivity index (χ4n) is 1.50. The molecular formula is C13H16F4N2O2. The maximum atomic E-state index is 13.3. The number of alkyl halides is 3. The summed E-state index contributed by atoms with van der Waals surface area (Å²) in [6.07, 6.45) is -6.05. The number of ether oxygens (including phenoxy) is 1. The maximum Gasteiger partial charge on any atom is 0.412 e. The van der Waals surface area contributed by atoms with E-state index in [0.29, 0.717) is 6.07 Å². The molecule has 1 amide bonds. The first-order valence-electron chi connectivity index (χ1n) is 6.01. The van der Waals surface area contributed by atoms with Crippen molar-refractivity contribution in [3.63, 3.8) is 0 Å². The zero-order chi connectivity index (χ0) is 16.4. The summed E-state index contributed by atoms with van der Waals surface area (Å²) < 4.78 is 57.1. The van der Waals surface area contributed by atoms with Gasteiger partial charge in [-0.15, -0.1) is 0 Å². The lowest BCUT2D eigenvalue weighted by Crippen LogP contribution is -2.41. The van der Waals surface area contributed by atoms with Gasteiger partial charge in [-0.3, -0.25) is 0 Å². The Balaban J connectivity index is 3.02. The first-order chi connectivity index (χ1) is 9.40. The summed E-state index contributed by atoms with van der Waals surface area (Å²) in [7, 11) is 0. The Morgan fingerprint density at radius 3 is 2.29 bits per heavy atom. The zero-order valence-electron chi connectivity index (χ0n) is 11.7. The summed E-state index contributed by atoms with van der Waals surface area (Å²) in [6.45, 7) is 4.54. The molecule has 0 saturated carbocycles. The van der Waals surface area contributed by atoms with Crippen molar-refractivity contribution in [2.45, 2.75) is 38.6 Å². The number of rotatable bonds is 2. The summed E-state index contributed by atoms with van der Waals surface area (Å²) in [6, 6.07) is 0.237. The Bertz CT molecular complexity index is 524. The van der Waals surface area contributed by atoms with Gasteiger partial charge in [-0.25, -0.2) is 9.18 Å². The molecule has 0 aromatic heterocycles. The summed E-state index contributed by atoms with van der Waals surface area (Å²) in [4.78, 5) is 11.5. The van der Waals surface area contributed by atoms with Crippen molar-refractivity contribution in [2.24, 2.45) is 0 Å². The normalized spacial score (nSPS) is 13.7. The molecule has 0 heterocycles. The van der Waals surface area contributed by atoms with Gasteiger partial charge in [-0.2, -0.15) is 13.2 Å². The molecule has 0 fully saturated rings. The topological polar surface area (TPSA) is 64.3 Å². The number of halogens is 4. The van der Waals surface area contributed by atoms with E-state index in [1.165, 1.54) is 20.8 Å². The van der Waals surface area contributed by atoms with E-state index in [1.807, 2.05) is 0 Å². The smallest absolute Gasteiger partial charge is 0.412 e. The Morgan fingerprint density at radius 1 is 1.29 bits per heavy atom. The highest BCUT2D eigenvalue weighted by Gasteiger charge is 2.42. The van der Waals surface area contributed by atoms with Crippen LogP contribution in [-0.2, 0) is 4.74 Å². The molecule has 8 heteroatoms. The third kappa shape index (κ3) is 5.13. The van der Waals surface area contributed by atoms with Crippen molar-refractivity contribution in [1.29, 1.82) is 0 Å². The van der Waals surface area contributed by atoms with Crippen LogP contribution in [0.25, 0.3) is 0 Å². The number of nitrogens with two attached hydrogens (primary N) is 1. The average molecular weight is 308 g/mol. The van der Waals surface area contributed by atoms with Crippen LogP contribution in [0.2, 0.25) is 0 Å². The van der Waals surface area contributed by atoms with Gasteiger partial charge in [-0.05, 0) is 38.5 Å². The molecule has 0 unspecified atom stereocenters. The number of hydrogen-bond acceptors (Lipinski definition) is 3. The third-order valence-corrected chi connectivity index (χ3v) is 2.35. The number of nitrogen functional groups attached to an aromatic ring is 1. The van der Waals surface area contributed by atoms with Crippen LogP contribution < -0.4 is 11.1 Å². The molecule has 1 rings (SSSR count). The third-order valence-electron chi connectivity index (χ3n) is 2.35. The number of anilines is 1. The second kappa shape index (κ2) is 5.79. The molecule has 3 N–H and O–H groups in total. The number of hydrogen-bond donors (Lipinski definition) is 2. The van der Waals surface area contributed by atoms with E-state index in [-0.39, 0.29) is 5.69 Å². The van der Waals surface area contributed by atoms with Crippen molar-refractivity contribution in [3.05, 3.63) is 29.6 Å². The number of amides is 1. The van der Waals surface area contributed by atoms with E-state index in [1.54, 1.807) is 5.32 Å². The molecule has 21 heavy (non-hydrogen) atoms. The van der Waals surface area contributed by atoms with Crippen molar-refractivity contribution in [3.8, 4) is 0 Å². The lowest BCUT2D eigenvalue weighted by Gasteiger charge is -2.25. The van der Waals surface area contributed by atoms with Gasteiger partial charge < -0.3 is 15.8 Å². The van der Waals surface area contributed by atoms with Gasteiger partial charge in [-0.1, -0.05) is 6.07 Å². The highest BCUT2D eigenvalue weighted by Crippen LogP contribution is 2.33. The van der Waals surface area contributed by atoms with E-state index in [9.17, 15) is 22.4 Å². The summed E-state index contributed by atoms with van der Waals surface area (Å²) >= 11 is 0. The summed E-state index contributed by atoms with van der Waals surface area (Å²) in [5.41, 5.74) is 3.51. The van der Waals surface area contributed by atoms with E-state index in [4.69, 9.17) is 10.5 Å². The Morgan fingerprint density at radius 2 is 1.86 bits per heavy atom. The second-order valence-electron chi connectivity index (χ2n) is 5.40. The van der Waals surface area contributed by atoms with Gasteiger partial charge in [0.25, 0.3) is 0 Å². The quantitative estimate of drug-likeness (QED) is 0.649. The number of benzene rings is 1. The van der Waals surface area contributed by atoms with Crippen molar-refractivity contribution < 1.29 is 27.1 Å². The average Bonchev–Trinajstić information content (AvgIpc) is 2.26. The van der Waals surface area contributed by atoms with Gasteiger partial charge in [0, 0.05) is 0 Å². The summed E-state index contributed by atoms with van der Waals surface area (Å²) in [5, 5.41) is 1.68. The van der Waals surface area contributed by atoms with Gasteiger partial charge in [0.2, 0.25) is 0 Å². The second-order valence-corrected chi connectivity index (χ2v) is 5.40. The molecule has 0 radical (unpaired) electrons. The maximum absolute atomic E-state index is 13.3. The van der Waals surface area contributed by atoms with Crippen LogP contribution in [0, 0.1) is 5.82 Å². The van der Waals surface area contributed by atoms with Crippen LogP contribution in [-0.4, -0.2) is 17.9 Å². The Hall–Kier alpha value is -1.99. The van der Waals surface area contributed by atoms with Crippen LogP contribution in [0.4, 0.5) is 28.0 Å². The molecule has 1 aromatic rings. The van der Waals surface area contributed by atoms with Crippen LogP contribution in [0.3, 0.4) is 0 Å². The molecule has 0 aliphatic heterocycles. The largest absolute Gasteiger partial charge is 0.444 e. The number of alkyl carbamates (subject to hydrolysis) is 1. The predicted molar refractivity (Wildman–Crippen MR) is 69.0 cm³/mol. The molecule has 4 nitrogen and oxygen atoms in total. The fourth-order valence-corrected chi connectivity index (χ4v) is 1.50. The minimum absolute atomic E-state index is 0.281. The van der Waals surface area contributed by atoms with Crippen molar-refractivity contribution in [2.75, 3.05) is 5.73 Å². The Labute approximate surface area is 119 Å². The Kier molecular flexibility index (Phi) is 4.70.